The van der Waals surface area contributed by atoms with Crippen molar-refractivity contribution in [3.63, 3.8) is 0 Å². The Morgan fingerprint density at radius 3 is 2.29 bits per heavy atom. The highest BCUT2D eigenvalue weighted by atomic mass is 16.3. The van der Waals surface area contributed by atoms with Crippen molar-refractivity contribution < 1.29 is 5.11 Å². The molecule has 0 aliphatic heterocycles. The van der Waals surface area contributed by atoms with Gasteiger partial charge in [-0.15, -0.1) is 0 Å². The summed E-state index contributed by atoms with van der Waals surface area (Å²) in [7, 11) is 0. The second-order valence-corrected chi connectivity index (χ2v) is 6.05. The zero-order chi connectivity index (χ0) is 13.1. The summed E-state index contributed by atoms with van der Waals surface area (Å²) in [6, 6.07) is 6.82. The monoisotopic (exact) mass is 234 g/mol. The number of benzene rings is 1. The quantitative estimate of drug-likeness (QED) is 0.834. The van der Waals surface area contributed by atoms with Crippen LogP contribution in [0.25, 0.3) is 0 Å². The molecule has 1 nitrogen and oxygen atoms in total. The van der Waals surface area contributed by atoms with Crippen molar-refractivity contribution in [3.8, 4) is 0 Å². The highest BCUT2D eigenvalue weighted by Gasteiger charge is 2.16. The van der Waals surface area contributed by atoms with E-state index < -0.39 is 0 Å². The molecule has 0 amide bonds. The standard InChI is InChI=1S/C16H26O/c1-6-7-13-8-14(12(2)11-17)10-15(9-13)16(3,4)5/h8-10,12,17H,6-7,11H2,1-5H3. The average molecular weight is 234 g/mol. The molecule has 0 bridgehead atoms. The van der Waals surface area contributed by atoms with E-state index in [1.54, 1.807) is 0 Å². The average Bonchev–Trinajstić information content (AvgIpc) is 2.27. The van der Waals surface area contributed by atoms with Gasteiger partial charge >= 0.3 is 0 Å². The van der Waals surface area contributed by atoms with Crippen molar-refractivity contribution in [2.75, 3.05) is 6.61 Å². The van der Waals surface area contributed by atoms with Gasteiger partial charge in [0, 0.05) is 12.5 Å². The molecular weight excluding hydrogens is 208 g/mol. The molecule has 17 heavy (non-hydrogen) atoms. The van der Waals surface area contributed by atoms with Gasteiger partial charge in [-0.05, 0) is 28.5 Å². The molecule has 1 rings (SSSR count). The van der Waals surface area contributed by atoms with E-state index in [2.05, 4.69) is 52.8 Å². The van der Waals surface area contributed by atoms with E-state index in [9.17, 15) is 5.11 Å². The summed E-state index contributed by atoms with van der Waals surface area (Å²) in [5.74, 6) is 0.230. The van der Waals surface area contributed by atoms with Gasteiger partial charge in [-0.1, -0.05) is 59.2 Å². The van der Waals surface area contributed by atoms with Crippen LogP contribution in [-0.2, 0) is 11.8 Å². The summed E-state index contributed by atoms with van der Waals surface area (Å²) in [5.41, 5.74) is 4.21. The third-order valence-corrected chi connectivity index (χ3v) is 3.26. The Morgan fingerprint density at radius 2 is 1.82 bits per heavy atom. The number of aliphatic hydroxyl groups is 1. The summed E-state index contributed by atoms with van der Waals surface area (Å²) in [4.78, 5) is 0. The summed E-state index contributed by atoms with van der Waals surface area (Å²) >= 11 is 0. The molecule has 96 valence electrons. The maximum atomic E-state index is 9.30. The number of rotatable bonds is 4. The number of hydrogen-bond donors (Lipinski definition) is 1. The van der Waals surface area contributed by atoms with Gasteiger partial charge < -0.3 is 5.11 Å². The lowest BCUT2D eigenvalue weighted by atomic mass is 9.83. The Balaban J connectivity index is 3.18. The molecule has 1 unspecified atom stereocenters. The minimum absolute atomic E-state index is 0.174. The van der Waals surface area contributed by atoms with Gasteiger partial charge in [0.25, 0.3) is 0 Å². The molecule has 0 aliphatic rings. The number of hydrogen-bond acceptors (Lipinski definition) is 1. The smallest absolute Gasteiger partial charge is 0.0497 e. The van der Waals surface area contributed by atoms with Gasteiger partial charge in [0.1, 0.15) is 0 Å². The van der Waals surface area contributed by atoms with E-state index in [-0.39, 0.29) is 17.9 Å². The lowest BCUT2D eigenvalue weighted by molar-refractivity contribution is 0.273. The van der Waals surface area contributed by atoms with Gasteiger partial charge in [-0.3, -0.25) is 0 Å². The van der Waals surface area contributed by atoms with Gasteiger partial charge in [-0.25, -0.2) is 0 Å². The summed E-state index contributed by atoms with van der Waals surface area (Å²) in [6.07, 6.45) is 2.29. The van der Waals surface area contributed by atoms with E-state index in [0.717, 1.165) is 6.42 Å². The van der Waals surface area contributed by atoms with Crippen LogP contribution in [0.5, 0.6) is 0 Å². The largest absolute Gasteiger partial charge is 0.396 e. The van der Waals surface area contributed by atoms with Crippen LogP contribution in [0.4, 0.5) is 0 Å². The van der Waals surface area contributed by atoms with Crippen molar-refractivity contribution >= 4 is 0 Å². The topological polar surface area (TPSA) is 20.2 Å². The molecule has 0 spiro atoms. The Kier molecular flexibility index (Phi) is 4.76. The highest BCUT2D eigenvalue weighted by Crippen LogP contribution is 2.28. The zero-order valence-corrected chi connectivity index (χ0v) is 11.9. The maximum absolute atomic E-state index is 9.30. The fourth-order valence-corrected chi connectivity index (χ4v) is 1.97. The van der Waals surface area contributed by atoms with Crippen molar-refractivity contribution in [1.82, 2.24) is 0 Å². The van der Waals surface area contributed by atoms with Crippen LogP contribution in [0, 0.1) is 0 Å². The lowest BCUT2D eigenvalue weighted by Gasteiger charge is -2.22. The third-order valence-electron chi connectivity index (χ3n) is 3.26. The van der Waals surface area contributed by atoms with Gasteiger partial charge in [0.2, 0.25) is 0 Å². The summed E-state index contributed by atoms with van der Waals surface area (Å²) in [6.45, 7) is 11.2. The van der Waals surface area contributed by atoms with Crippen LogP contribution in [0.3, 0.4) is 0 Å². The van der Waals surface area contributed by atoms with Gasteiger partial charge in [-0.2, -0.15) is 0 Å². The SMILES string of the molecule is CCCc1cc(C(C)CO)cc(C(C)(C)C)c1. The van der Waals surface area contributed by atoms with E-state index >= 15 is 0 Å². The lowest BCUT2D eigenvalue weighted by Crippen LogP contribution is -2.13. The first-order valence-electron chi connectivity index (χ1n) is 6.63. The Bertz CT molecular complexity index is 360. The van der Waals surface area contributed by atoms with Gasteiger partial charge in [0.15, 0.2) is 0 Å². The second-order valence-electron chi connectivity index (χ2n) is 6.05. The normalized spacial score (nSPS) is 13.8. The Labute approximate surface area is 106 Å². The van der Waals surface area contributed by atoms with Crippen LogP contribution in [-0.4, -0.2) is 11.7 Å². The first kappa shape index (κ1) is 14.2. The van der Waals surface area contributed by atoms with E-state index in [4.69, 9.17) is 0 Å². The molecule has 1 aromatic rings. The van der Waals surface area contributed by atoms with Crippen molar-refractivity contribution in [2.24, 2.45) is 0 Å². The molecule has 0 aliphatic carbocycles. The molecule has 0 aromatic heterocycles. The van der Waals surface area contributed by atoms with Crippen LogP contribution < -0.4 is 0 Å². The highest BCUT2D eigenvalue weighted by molar-refractivity contribution is 5.35. The summed E-state index contributed by atoms with van der Waals surface area (Å²) < 4.78 is 0. The molecule has 1 N–H and O–H groups in total. The Hall–Kier alpha value is -0.820. The fourth-order valence-electron chi connectivity index (χ4n) is 1.97. The first-order valence-corrected chi connectivity index (χ1v) is 6.63. The van der Waals surface area contributed by atoms with Crippen molar-refractivity contribution in [1.29, 1.82) is 0 Å². The second kappa shape index (κ2) is 5.68. The van der Waals surface area contributed by atoms with Crippen LogP contribution in [0.1, 0.15) is 63.6 Å². The molecule has 1 heteroatoms. The first-order chi connectivity index (χ1) is 7.88. The third kappa shape index (κ3) is 3.85. The molecule has 0 radical (unpaired) electrons. The fraction of sp³-hybridized carbons (Fsp3) is 0.625. The predicted octanol–water partition coefficient (Wildman–Crippen LogP) is 4.03. The number of aryl methyl sites for hydroxylation is 1. The molecule has 0 saturated carbocycles. The van der Waals surface area contributed by atoms with E-state index in [0.29, 0.717) is 0 Å². The molecular formula is C16H26O. The van der Waals surface area contributed by atoms with Gasteiger partial charge in [0.05, 0.1) is 0 Å². The van der Waals surface area contributed by atoms with Crippen LogP contribution in [0.2, 0.25) is 0 Å². The van der Waals surface area contributed by atoms with Crippen molar-refractivity contribution in [2.45, 2.75) is 58.8 Å². The molecule has 0 fully saturated rings. The molecule has 1 aromatic carbocycles. The predicted molar refractivity (Wildman–Crippen MR) is 74.6 cm³/mol. The van der Waals surface area contributed by atoms with Crippen LogP contribution >= 0.6 is 0 Å². The molecule has 0 heterocycles. The minimum Gasteiger partial charge on any atom is -0.396 e. The van der Waals surface area contributed by atoms with E-state index in [1.165, 1.54) is 23.1 Å². The zero-order valence-electron chi connectivity index (χ0n) is 11.9. The Morgan fingerprint density at radius 1 is 1.18 bits per heavy atom. The molecule has 1 atom stereocenters. The number of aliphatic hydroxyl groups excluding tert-OH is 1. The maximum Gasteiger partial charge on any atom is 0.0497 e. The van der Waals surface area contributed by atoms with Crippen molar-refractivity contribution in [3.05, 3.63) is 34.9 Å². The summed E-state index contributed by atoms with van der Waals surface area (Å²) in [5, 5.41) is 9.30. The van der Waals surface area contributed by atoms with E-state index in [1.807, 2.05) is 0 Å². The minimum atomic E-state index is 0.174. The molecule has 0 saturated heterocycles. The van der Waals surface area contributed by atoms with Crippen LogP contribution in [0.15, 0.2) is 18.2 Å².